The van der Waals surface area contributed by atoms with Gasteiger partial charge in [-0.25, -0.2) is 4.79 Å². The van der Waals surface area contributed by atoms with Crippen molar-refractivity contribution in [1.82, 2.24) is 5.32 Å². The first-order chi connectivity index (χ1) is 12.4. The van der Waals surface area contributed by atoms with Crippen molar-refractivity contribution in [2.75, 3.05) is 11.9 Å². The molecule has 2 N–H and O–H groups in total. The molecule has 5 nitrogen and oxygen atoms in total. The molecule has 1 aromatic carbocycles. The number of ether oxygens (including phenoxy) is 1. The van der Waals surface area contributed by atoms with Crippen LogP contribution in [0.2, 0.25) is 0 Å². The van der Waals surface area contributed by atoms with Crippen molar-refractivity contribution in [3.05, 3.63) is 51.9 Å². The largest absolute Gasteiger partial charge is 0.462 e. The van der Waals surface area contributed by atoms with Crippen LogP contribution in [0.15, 0.2) is 30.3 Å². The number of anilines is 1. The Kier molecular flexibility index (Phi) is 7.29. The number of carbonyl (C=O) groups is 2. The summed E-state index contributed by atoms with van der Waals surface area (Å²) in [6, 6.07) is 9.78. The number of aryl methyl sites for hydroxylation is 2. The maximum absolute atomic E-state index is 12.2. The summed E-state index contributed by atoms with van der Waals surface area (Å²) in [6.45, 7) is 5.85. The van der Waals surface area contributed by atoms with E-state index in [4.69, 9.17) is 17.0 Å². The van der Waals surface area contributed by atoms with E-state index in [0.29, 0.717) is 30.0 Å². The van der Waals surface area contributed by atoms with Crippen LogP contribution in [-0.4, -0.2) is 23.6 Å². The fourth-order valence-electron chi connectivity index (χ4n) is 2.39. The minimum absolute atomic E-state index is 0.172. The van der Waals surface area contributed by atoms with E-state index in [1.807, 2.05) is 44.2 Å². The zero-order chi connectivity index (χ0) is 19.1. The van der Waals surface area contributed by atoms with Gasteiger partial charge in [0, 0.05) is 11.3 Å². The topological polar surface area (TPSA) is 67.4 Å². The van der Waals surface area contributed by atoms with Gasteiger partial charge in [-0.2, -0.15) is 0 Å². The molecule has 138 valence electrons. The van der Waals surface area contributed by atoms with Crippen molar-refractivity contribution < 1.29 is 14.3 Å². The van der Waals surface area contributed by atoms with Crippen LogP contribution in [0.4, 0.5) is 5.00 Å². The third-order valence-electron chi connectivity index (χ3n) is 3.83. The van der Waals surface area contributed by atoms with E-state index in [2.05, 4.69) is 10.6 Å². The summed E-state index contributed by atoms with van der Waals surface area (Å²) in [7, 11) is 0. The lowest BCUT2D eigenvalue weighted by molar-refractivity contribution is -0.119. The van der Waals surface area contributed by atoms with Gasteiger partial charge in [-0.15, -0.1) is 11.3 Å². The van der Waals surface area contributed by atoms with Crippen molar-refractivity contribution in [1.29, 1.82) is 0 Å². The second-order valence-electron chi connectivity index (χ2n) is 5.70. The van der Waals surface area contributed by atoms with Crippen LogP contribution in [-0.2, 0) is 16.0 Å². The van der Waals surface area contributed by atoms with Crippen molar-refractivity contribution in [2.24, 2.45) is 0 Å². The predicted octanol–water partition coefficient (Wildman–Crippen LogP) is 3.99. The highest BCUT2D eigenvalue weighted by molar-refractivity contribution is 7.80. The Hall–Kier alpha value is -2.25. The Morgan fingerprint density at radius 2 is 1.88 bits per heavy atom. The molecule has 0 aliphatic carbocycles. The van der Waals surface area contributed by atoms with Gasteiger partial charge >= 0.3 is 5.97 Å². The second-order valence-corrected chi connectivity index (χ2v) is 7.33. The monoisotopic (exact) mass is 390 g/mol. The molecule has 0 bridgehead atoms. The summed E-state index contributed by atoms with van der Waals surface area (Å²) < 4.78 is 5.11. The third-order valence-corrected chi connectivity index (χ3v) is 5.16. The first-order valence-corrected chi connectivity index (χ1v) is 9.56. The minimum atomic E-state index is -0.393. The Bertz CT molecular complexity index is 801. The van der Waals surface area contributed by atoms with Gasteiger partial charge < -0.3 is 15.4 Å². The first-order valence-electron chi connectivity index (χ1n) is 8.34. The van der Waals surface area contributed by atoms with E-state index >= 15 is 0 Å². The molecule has 0 aliphatic rings. The van der Waals surface area contributed by atoms with E-state index in [1.54, 1.807) is 6.92 Å². The lowest BCUT2D eigenvalue weighted by atomic mass is 10.1. The zero-order valence-electron chi connectivity index (χ0n) is 15.0. The summed E-state index contributed by atoms with van der Waals surface area (Å²) in [4.78, 5) is 25.3. The predicted molar refractivity (Wildman–Crippen MR) is 109 cm³/mol. The standard InChI is InChI=1S/C19H22N2O3S2/c1-4-24-18(23)16-12(2)13(3)26-17(16)21-19(25)20-15(22)11-10-14-8-6-5-7-9-14/h5-9H,4,10-11H2,1-3H3,(H2,20,21,22,25). The zero-order valence-corrected chi connectivity index (χ0v) is 16.7. The molecule has 1 heterocycles. The van der Waals surface area contributed by atoms with E-state index in [1.165, 1.54) is 11.3 Å². The molecule has 7 heteroatoms. The summed E-state index contributed by atoms with van der Waals surface area (Å²) in [6.07, 6.45) is 0.972. The second kappa shape index (κ2) is 9.45. The molecule has 0 spiro atoms. The number of amides is 1. The quantitative estimate of drug-likeness (QED) is 0.577. The molecule has 0 saturated carbocycles. The first kappa shape index (κ1) is 20.1. The average molecular weight is 391 g/mol. The van der Waals surface area contributed by atoms with Crippen molar-refractivity contribution in [3.8, 4) is 0 Å². The Balaban J connectivity index is 1.96. The van der Waals surface area contributed by atoms with Crippen LogP contribution < -0.4 is 10.6 Å². The molecule has 0 radical (unpaired) electrons. The van der Waals surface area contributed by atoms with Crippen molar-refractivity contribution >= 4 is 45.5 Å². The number of thiocarbonyl (C=S) groups is 1. The number of hydrogen-bond donors (Lipinski definition) is 2. The van der Waals surface area contributed by atoms with Crippen LogP contribution in [0.25, 0.3) is 0 Å². The Morgan fingerprint density at radius 1 is 1.19 bits per heavy atom. The number of esters is 1. The van der Waals surface area contributed by atoms with Crippen LogP contribution in [0, 0.1) is 13.8 Å². The molecule has 0 saturated heterocycles. The molecule has 1 aromatic heterocycles. The summed E-state index contributed by atoms with van der Waals surface area (Å²) >= 11 is 6.63. The number of hydrogen-bond acceptors (Lipinski definition) is 5. The van der Waals surface area contributed by atoms with E-state index < -0.39 is 5.97 Å². The summed E-state index contributed by atoms with van der Waals surface area (Å²) in [5.74, 6) is -0.566. The average Bonchev–Trinajstić information content (AvgIpc) is 2.88. The summed E-state index contributed by atoms with van der Waals surface area (Å²) in [5, 5.41) is 6.38. The van der Waals surface area contributed by atoms with E-state index in [-0.39, 0.29) is 11.0 Å². The molecule has 0 aliphatic heterocycles. The van der Waals surface area contributed by atoms with Crippen LogP contribution >= 0.6 is 23.6 Å². The van der Waals surface area contributed by atoms with Crippen LogP contribution in [0.1, 0.15) is 39.7 Å². The highest BCUT2D eigenvalue weighted by Gasteiger charge is 2.21. The minimum Gasteiger partial charge on any atom is -0.462 e. The smallest absolute Gasteiger partial charge is 0.341 e. The number of rotatable bonds is 6. The molecule has 1 amide bonds. The molecule has 2 aromatic rings. The molecular weight excluding hydrogens is 368 g/mol. The van der Waals surface area contributed by atoms with Gasteiger partial charge in [-0.05, 0) is 50.5 Å². The molecule has 0 atom stereocenters. The highest BCUT2D eigenvalue weighted by Crippen LogP contribution is 2.32. The maximum atomic E-state index is 12.2. The number of carbonyl (C=O) groups excluding carboxylic acids is 2. The Labute approximate surface area is 162 Å². The van der Waals surface area contributed by atoms with Gasteiger partial charge in [0.05, 0.1) is 12.2 Å². The molecule has 2 rings (SSSR count). The van der Waals surface area contributed by atoms with Crippen LogP contribution in [0.5, 0.6) is 0 Å². The lowest BCUT2D eigenvalue weighted by Gasteiger charge is -2.10. The van der Waals surface area contributed by atoms with Crippen molar-refractivity contribution in [3.63, 3.8) is 0 Å². The SMILES string of the molecule is CCOC(=O)c1c(NC(=S)NC(=O)CCc2ccccc2)sc(C)c1C. The number of thiophene rings is 1. The van der Waals surface area contributed by atoms with E-state index in [0.717, 1.165) is 16.0 Å². The molecule has 26 heavy (non-hydrogen) atoms. The van der Waals surface area contributed by atoms with Crippen LogP contribution in [0.3, 0.4) is 0 Å². The Morgan fingerprint density at radius 3 is 2.54 bits per heavy atom. The normalized spacial score (nSPS) is 10.3. The van der Waals surface area contributed by atoms with Gasteiger partial charge in [0.25, 0.3) is 0 Å². The molecular formula is C19H22N2O3S2. The van der Waals surface area contributed by atoms with Gasteiger partial charge in [0.1, 0.15) is 5.00 Å². The van der Waals surface area contributed by atoms with Gasteiger partial charge in [-0.1, -0.05) is 30.3 Å². The highest BCUT2D eigenvalue weighted by atomic mass is 32.1. The van der Waals surface area contributed by atoms with E-state index in [9.17, 15) is 9.59 Å². The van der Waals surface area contributed by atoms with Gasteiger partial charge in [-0.3, -0.25) is 4.79 Å². The number of nitrogens with one attached hydrogen (secondary N) is 2. The molecule has 0 unspecified atom stereocenters. The molecule has 0 fully saturated rings. The maximum Gasteiger partial charge on any atom is 0.341 e. The van der Waals surface area contributed by atoms with Gasteiger partial charge in [0.2, 0.25) is 5.91 Å². The fourth-order valence-corrected chi connectivity index (χ4v) is 3.72. The lowest BCUT2D eigenvalue weighted by Crippen LogP contribution is -2.34. The third kappa shape index (κ3) is 5.37. The summed E-state index contributed by atoms with van der Waals surface area (Å²) in [5.41, 5.74) is 2.42. The fraction of sp³-hybridized carbons (Fsp3) is 0.316. The van der Waals surface area contributed by atoms with Gasteiger partial charge in [0.15, 0.2) is 5.11 Å². The van der Waals surface area contributed by atoms with Crippen molar-refractivity contribution in [2.45, 2.75) is 33.6 Å². The number of benzene rings is 1.